The molecule has 0 aliphatic rings. The molecule has 0 fully saturated rings. The minimum absolute atomic E-state index is 0.0878. The lowest BCUT2D eigenvalue weighted by Gasteiger charge is -2.12. The number of halogens is 3. The molecule has 0 atom stereocenters. The molecule has 0 bridgehead atoms. The third-order valence-electron chi connectivity index (χ3n) is 2.63. The summed E-state index contributed by atoms with van der Waals surface area (Å²) in [6.45, 7) is 0.0878. The molecular weight excluding hydrogens is 320 g/mol. The highest BCUT2D eigenvalue weighted by molar-refractivity contribution is 7.80. The quantitative estimate of drug-likeness (QED) is 0.847. The zero-order chi connectivity index (χ0) is 14.7. The van der Waals surface area contributed by atoms with E-state index in [0.717, 1.165) is 0 Å². The topological polar surface area (TPSA) is 35.2 Å². The van der Waals surface area contributed by atoms with Crippen LogP contribution in [0.15, 0.2) is 36.4 Å². The first-order chi connectivity index (χ1) is 9.49. The molecule has 0 aliphatic heterocycles. The molecule has 104 valence electrons. The van der Waals surface area contributed by atoms with Crippen LogP contribution in [0.4, 0.5) is 4.39 Å². The SMILES string of the molecule is NC(=S)c1ccc(F)cc1COc1cccc(Cl)c1Cl. The lowest BCUT2D eigenvalue weighted by molar-refractivity contribution is 0.305. The summed E-state index contributed by atoms with van der Waals surface area (Å²) in [7, 11) is 0. The molecule has 20 heavy (non-hydrogen) atoms. The number of hydrogen-bond acceptors (Lipinski definition) is 2. The average molecular weight is 330 g/mol. The molecule has 0 amide bonds. The van der Waals surface area contributed by atoms with Crippen LogP contribution in [0, 0.1) is 5.82 Å². The van der Waals surface area contributed by atoms with Crippen LogP contribution in [-0.2, 0) is 6.61 Å². The van der Waals surface area contributed by atoms with Gasteiger partial charge in [-0.3, -0.25) is 0 Å². The van der Waals surface area contributed by atoms with Gasteiger partial charge in [-0.1, -0.05) is 41.5 Å². The number of hydrogen-bond donors (Lipinski definition) is 1. The Kier molecular flexibility index (Phi) is 4.81. The fourth-order valence-corrected chi connectivity index (χ4v) is 2.22. The molecule has 0 spiro atoms. The number of nitrogens with two attached hydrogens (primary N) is 1. The van der Waals surface area contributed by atoms with Crippen LogP contribution >= 0.6 is 35.4 Å². The Hall–Kier alpha value is -1.36. The summed E-state index contributed by atoms with van der Waals surface area (Å²) in [4.78, 5) is 0.181. The smallest absolute Gasteiger partial charge is 0.139 e. The van der Waals surface area contributed by atoms with Crippen LogP contribution in [0.2, 0.25) is 10.0 Å². The first-order valence-corrected chi connectivity index (χ1v) is 6.80. The Morgan fingerprint density at radius 2 is 2.00 bits per heavy atom. The second-order valence-corrected chi connectivity index (χ2v) is 5.23. The Labute approximate surface area is 131 Å². The third-order valence-corrected chi connectivity index (χ3v) is 3.65. The lowest BCUT2D eigenvalue weighted by Crippen LogP contribution is -2.14. The molecule has 0 aromatic heterocycles. The van der Waals surface area contributed by atoms with E-state index in [1.54, 1.807) is 18.2 Å². The summed E-state index contributed by atoms with van der Waals surface area (Å²) in [5, 5.41) is 0.695. The molecule has 2 aromatic rings. The maximum atomic E-state index is 13.3. The van der Waals surface area contributed by atoms with Crippen molar-refractivity contribution in [1.29, 1.82) is 0 Å². The Balaban J connectivity index is 2.24. The van der Waals surface area contributed by atoms with Gasteiger partial charge in [0.15, 0.2) is 0 Å². The Morgan fingerprint density at radius 3 is 2.70 bits per heavy atom. The van der Waals surface area contributed by atoms with Gasteiger partial charge in [-0.15, -0.1) is 0 Å². The maximum Gasteiger partial charge on any atom is 0.139 e. The fraction of sp³-hybridized carbons (Fsp3) is 0.0714. The van der Waals surface area contributed by atoms with E-state index >= 15 is 0 Å². The van der Waals surface area contributed by atoms with Crippen molar-refractivity contribution >= 4 is 40.4 Å². The largest absolute Gasteiger partial charge is 0.487 e. The molecule has 0 saturated heterocycles. The van der Waals surface area contributed by atoms with Gasteiger partial charge in [-0.25, -0.2) is 4.39 Å². The zero-order valence-electron chi connectivity index (χ0n) is 10.2. The second kappa shape index (κ2) is 6.39. The second-order valence-electron chi connectivity index (χ2n) is 4.01. The number of ether oxygens (including phenoxy) is 1. The highest BCUT2D eigenvalue weighted by Crippen LogP contribution is 2.32. The van der Waals surface area contributed by atoms with E-state index in [2.05, 4.69) is 0 Å². The molecule has 6 heteroatoms. The monoisotopic (exact) mass is 329 g/mol. The van der Waals surface area contributed by atoms with Crippen molar-refractivity contribution < 1.29 is 9.13 Å². The van der Waals surface area contributed by atoms with Crippen LogP contribution < -0.4 is 10.5 Å². The van der Waals surface area contributed by atoms with Gasteiger partial charge < -0.3 is 10.5 Å². The van der Waals surface area contributed by atoms with Gasteiger partial charge in [-0.05, 0) is 30.3 Å². The normalized spacial score (nSPS) is 10.3. The summed E-state index contributed by atoms with van der Waals surface area (Å²) in [6, 6.07) is 9.18. The van der Waals surface area contributed by atoms with E-state index in [9.17, 15) is 4.39 Å². The van der Waals surface area contributed by atoms with Gasteiger partial charge in [0.1, 0.15) is 28.2 Å². The van der Waals surface area contributed by atoms with Gasteiger partial charge in [0.05, 0.1) is 5.02 Å². The van der Waals surface area contributed by atoms with E-state index in [-0.39, 0.29) is 17.4 Å². The van der Waals surface area contributed by atoms with E-state index in [4.69, 9.17) is 45.9 Å². The molecule has 2 rings (SSSR count). The van der Waals surface area contributed by atoms with Gasteiger partial charge in [0.25, 0.3) is 0 Å². The van der Waals surface area contributed by atoms with Crippen LogP contribution in [0.5, 0.6) is 5.75 Å². The van der Waals surface area contributed by atoms with Gasteiger partial charge in [0, 0.05) is 11.1 Å². The van der Waals surface area contributed by atoms with Gasteiger partial charge in [-0.2, -0.15) is 0 Å². The van der Waals surface area contributed by atoms with Crippen molar-refractivity contribution in [2.75, 3.05) is 0 Å². The van der Waals surface area contributed by atoms with Crippen molar-refractivity contribution in [1.82, 2.24) is 0 Å². The molecule has 0 unspecified atom stereocenters. The highest BCUT2D eigenvalue weighted by Gasteiger charge is 2.10. The van der Waals surface area contributed by atoms with Gasteiger partial charge in [0.2, 0.25) is 0 Å². The summed E-state index contributed by atoms with van der Waals surface area (Å²) >= 11 is 16.8. The molecule has 0 saturated carbocycles. The summed E-state index contributed by atoms with van der Waals surface area (Å²) in [6.07, 6.45) is 0. The van der Waals surface area contributed by atoms with Crippen molar-refractivity contribution in [3.8, 4) is 5.75 Å². The van der Waals surface area contributed by atoms with Gasteiger partial charge >= 0.3 is 0 Å². The number of rotatable bonds is 4. The Bertz CT molecular complexity index is 664. The van der Waals surface area contributed by atoms with Crippen LogP contribution in [0.3, 0.4) is 0 Å². The van der Waals surface area contributed by atoms with Crippen molar-refractivity contribution in [2.45, 2.75) is 6.61 Å². The first kappa shape index (κ1) is 15.0. The molecule has 2 aromatic carbocycles. The number of thiocarbonyl (C=S) groups is 1. The maximum absolute atomic E-state index is 13.3. The predicted molar refractivity (Wildman–Crippen MR) is 83.1 cm³/mol. The first-order valence-electron chi connectivity index (χ1n) is 5.64. The van der Waals surface area contributed by atoms with E-state index in [1.165, 1.54) is 18.2 Å². The molecule has 2 N–H and O–H groups in total. The van der Waals surface area contributed by atoms with Crippen molar-refractivity contribution in [2.24, 2.45) is 5.73 Å². The average Bonchev–Trinajstić information content (AvgIpc) is 2.40. The molecule has 2 nitrogen and oxygen atoms in total. The minimum Gasteiger partial charge on any atom is -0.487 e. The summed E-state index contributed by atoms with van der Waals surface area (Å²) in [5.74, 6) is 0.0260. The van der Waals surface area contributed by atoms with E-state index in [0.29, 0.717) is 26.9 Å². The molecular formula is C14H10Cl2FNOS. The standard InChI is InChI=1S/C14H10Cl2FNOS/c15-11-2-1-3-12(13(11)16)19-7-8-6-9(17)4-5-10(8)14(18)20/h1-6H,7H2,(H2,18,20). The van der Waals surface area contributed by atoms with E-state index < -0.39 is 0 Å². The van der Waals surface area contributed by atoms with Crippen LogP contribution in [0.1, 0.15) is 11.1 Å². The van der Waals surface area contributed by atoms with E-state index in [1.807, 2.05) is 0 Å². The Morgan fingerprint density at radius 1 is 1.25 bits per heavy atom. The summed E-state index contributed by atoms with van der Waals surface area (Å²) < 4.78 is 18.8. The van der Waals surface area contributed by atoms with Crippen molar-refractivity contribution in [3.63, 3.8) is 0 Å². The van der Waals surface area contributed by atoms with Crippen LogP contribution in [0.25, 0.3) is 0 Å². The number of benzene rings is 2. The highest BCUT2D eigenvalue weighted by atomic mass is 35.5. The molecule has 0 aliphatic carbocycles. The molecule has 0 heterocycles. The lowest BCUT2D eigenvalue weighted by atomic mass is 10.1. The fourth-order valence-electron chi connectivity index (χ4n) is 1.67. The summed E-state index contributed by atoms with van der Waals surface area (Å²) in [5.41, 5.74) is 6.71. The predicted octanol–water partition coefficient (Wildman–Crippen LogP) is 4.35. The third kappa shape index (κ3) is 3.39. The molecule has 0 radical (unpaired) electrons. The van der Waals surface area contributed by atoms with Crippen molar-refractivity contribution in [3.05, 3.63) is 63.4 Å². The van der Waals surface area contributed by atoms with Crippen LogP contribution in [-0.4, -0.2) is 4.99 Å². The zero-order valence-corrected chi connectivity index (χ0v) is 12.5. The minimum atomic E-state index is -0.388.